The first-order valence-electron chi connectivity index (χ1n) is 8.38. The maximum atomic E-state index is 13.1. The maximum absolute atomic E-state index is 13.1. The second-order valence-corrected chi connectivity index (χ2v) is 9.66. The zero-order valence-corrected chi connectivity index (χ0v) is 16.2. The monoisotopic (exact) mass is 419 g/mol. The minimum Gasteiger partial charge on any atom is -0.300 e. The smallest absolute Gasteiger partial charge is 0.250 e. The van der Waals surface area contributed by atoms with Gasteiger partial charge in [0, 0.05) is 5.39 Å². The predicted octanol–water partition coefficient (Wildman–Crippen LogP) is 2.64. The minimum atomic E-state index is -3.56. The van der Waals surface area contributed by atoms with E-state index in [1.807, 2.05) is 6.07 Å². The molecule has 1 N–H and O–H groups in total. The van der Waals surface area contributed by atoms with Gasteiger partial charge in [-0.05, 0) is 31.9 Å². The number of hydrogen-bond acceptors (Lipinski definition) is 7. The van der Waals surface area contributed by atoms with E-state index in [0.717, 1.165) is 6.20 Å². The molecule has 0 radical (unpaired) electrons. The number of anilines is 1. The second-order valence-electron chi connectivity index (χ2n) is 6.49. The molecule has 1 atom stereocenters. The van der Waals surface area contributed by atoms with Gasteiger partial charge in [0.1, 0.15) is 6.04 Å². The van der Waals surface area contributed by atoms with Crippen LogP contribution in [0.2, 0.25) is 0 Å². The molecule has 0 saturated heterocycles. The van der Waals surface area contributed by atoms with Crippen molar-refractivity contribution in [2.45, 2.75) is 36.0 Å². The molecule has 0 unspecified atom stereocenters. The van der Waals surface area contributed by atoms with Crippen LogP contribution in [0.15, 0.2) is 29.4 Å². The standard InChI is InChI=1S/C17H14FN5O3S2/c1-9(16(24)22-17-20-8-15(18)27-17)23-13-4-10(6-19)5-14(12(13)7-21-23)28(25,26)11-2-3-11/h4-5,7-9,11H,2-3H2,1H3,(H,20,22,24)/t9-/m1/s1. The number of aromatic nitrogens is 3. The first-order valence-corrected chi connectivity index (χ1v) is 10.7. The SMILES string of the molecule is C[C@H](C(=O)Nc1ncc(F)s1)n1ncc2c(S(=O)(=O)C3CC3)cc(C#N)cc21. The van der Waals surface area contributed by atoms with E-state index in [9.17, 15) is 22.9 Å². The Hall–Kier alpha value is -2.84. The molecule has 1 fully saturated rings. The van der Waals surface area contributed by atoms with Crippen LogP contribution < -0.4 is 5.32 Å². The molecule has 2 aromatic heterocycles. The van der Waals surface area contributed by atoms with Gasteiger partial charge < -0.3 is 5.32 Å². The number of thiazole rings is 1. The Balaban J connectivity index is 1.76. The minimum absolute atomic E-state index is 0.0601. The lowest BCUT2D eigenvalue weighted by atomic mass is 10.1. The molecule has 1 aliphatic carbocycles. The van der Waals surface area contributed by atoms with Crippen molar-refractivity contribution in [2.24, 2.45) is 0 Å². The molecular weight excluding hydrogens is 405 g/mol. The molecule has 28 heavy (non-hydrogen) atoms. The van der Waals surface area contributed by atoms with Crippen LogP contribution in [0, 0.1) is 16.5 Å². The predicted molar refractivity (Wildman–Crippen MR) is 100 cm³/mol. The van der Waals surface area contributed by atoms with E-state index < -0.39 is 32.2 Å². The number of nitriles is 1. The molecule has 2 heterocycles. The zero-order valence-electron chi connectivity index (χ0n) is 14.6. The van der Waals surface area contributed by atoms with Crippen molar-refractivity contribution in [1.29, 1.82) is 5.26 Å². The van der Waals surface area contributed by atoms with Crippen molar-refractivity contribution in [3.05, 3.63) is 35.2 Å². The summed E-state index contributed by atoms with van der Waals surface area (Å²) >= 11 is 0.695. The van der Waals surface area contributed by atoms with Crippen molar-refractivity contribution in [2.75, 3.05) is 5.32 Å². The van der Waals surface area contributed by atoms with Crippen LogP contribution in [-0.2, 0) is 14.6 Å². The first kappa shape index (κ1) is 18.5. The van der Waals surface area contributed by atoms with E-state index in [1.165, 1.54) is 23.0 Å². The van der Waals surface area contributed by atoms with Crippen molar-refractivity contribution in [3.8, 4) is 6.07 Å². The Labute approximate surface area is 163 Å². The Bertz CT molecular complexity index is 1240. The first-order chi connectivity index (χ1) is 13.3. The summed E-state index contributed by atoms with van der Waals surface area (Å²) in [5, 5.41) is 15.5. The lowest BCUT2D eigenvalue weighted by molar-refractivity contribution is -0.119. The van der Waals surface area contributed by atoms with Crippen molar-refractivity contribution >= 4 is 43.1 Å². The third-order valence-corrected chi connectivity index (χ3v) is 7.53. The number of rotatable bonds is 5. The lowest BCUT2D eigenvalue weighted by Gasteiger charge is -2.13. The number of amides is 1. The molecule has 4 rings (SSSR count). The molecule has 11 heteroatoms. The third-order valence-electron chi connectivity index (χ3n) is 4.53. The number of nitrogens with one attached hydrogen (secondary N) is 1. The van der Waals surface area contributed by atoms with Crippen LogP contribution in [0.5, 0.6) is 0 Å². The number of halogens is 1. The number of hydrogen-bond donors (Lipinski definition) is 1. The second kappa shape index (κ2) is 6.65. The van der Waals surface area contributed by atoms with Gasteiger partial charge in [-0.1, -0.05) is 11.3 Å². The molecule has 1 aromatic carbocycles. The Morgan fingerprint density at radius 1 is 1.43 bits per heavy atom. The van der Waals surface area contributed by atoms with Gasteiger partial charge >= 0.3 is 0 Å². The Kier molecular flexibility index (Phi) is 4.40. The molecule has 0 spiro atoms. The number of benzene rings is 1. The highest BCUT2D eigenvalue weighted by molar-refractivity contribution is 7.92. The molecule has 0 bridgehead atoms. The summed E-state index contributed by atoms with van der Waals surface area (Å²) < 4.78 is 39.9. The van der Waals surface area contributed by atoms with E-state index >= 15 is 0 Å². The molecule has 1 saturated carbocycles. The number of sulfone groups is 1. The van der Waals surface area contributed by atoms with Gasteiger partial charge in [-0.25, -0.2) is 13.4 Å². The molecule has 1 amide bonds. The summed E-state index contributed by atoms with van der Waals surface area (Å²) in [6, 6.07) is 3.98. The Morgan fingerprint density at radius 2 is 2.18 bits per heavy atom. The number of nitrogens with zero attached hydrogens (tertiary/aromatic N) is 4. The van der Waals surface area contributed by atoms with E-state index in [1.54, 1.807) is 6.92 Å². The fraction of sp³-hybridized carbons (Fsp3) is 0.294. The molecule has 8 nitrogen and oxygen atoms in total. The lowest BCUT2D eigenvalue weighted by Crippen LogP contribution is -2.24. The summed E-state index contributed by atoms with van der Waals surface area (Å²) in [5.74, 6) is -0.492. The zero-order chi connectivity index (χ0) is 20.1. The van der Waals surface area contributed by atoms with E-state index in [4.69, 9.17) is 0 Å². The average molecular weight is 419 g/mol. The van der Waals surface area contributed by atoms with Gasteiger partial charge in [0.15, 0.2) is 20.1 Å². The van der Waals surface area contributed by atoms with E-state index in [-0.39, 0.29) is 15.6 Å². The third kappa shape index (κ3) is 3.14. The topological polar surface area (TPSA) is 118 Å². The van der Waals surface area contributed by atoms with Gasteiger partial charge in [-0.3, -0.25) is 9.48 Å². The van der Waals surface area contributed by atoms with E-state index in [0.29, 0.717) is 35.1 Å². The van der Waals surface area contributed by atoms with Crippen LogP contribution >= 0.6 is 11.3 Å². The molecule has 0 aliphatic heterocycles. The normalized spacial score (nSPS) is 15.3. The average Bonchev–Trinajstić information content (AvgIpc) is 3.34. The quantitative estimate of drug-likeness (QED) is 0.679. The molecular formula is C17H14FN5O3S2. The van der Waals surface area contributed by atoms with Crippen LogP contribution in [0.25, 0.3) is 10.9 Å². The largest absolute Gasteiger partial charge is 0.300 e. The fourth-order valence-electron chi connectivity index (χ4n) is 2.91. The highest BCUT2D eigenvalue weighted by atomic mass is 32.2. The summed E-state index contributed by atoms with van der Waals surface area (Å²) in [7, 11) is -3.56. The molecule has 3 aromatic rings. The highest BCUT2D eigenvalue weighted by Gasteiger charge is 2.38. The van der Waals surface area contributed by atoms with Gasteiger partial charge in [0.2, 0.25) is 0 Å². The fourth-order valence-corrected chi connectivity index (χ4v) is 5.33. The van der Waals surface area contributed by atoms with Crippen LogP contribution in [0.3, 0.4) is 0 Å². The number of carbonyl (C=O) groups excluding carboxylic acids is 1. The summed E-state index contributed by atoms with van der Waals surface area (Å²) in [4.78, 5) is 16.3. The van der Waals surface area contributed by atoms with Gasteiger partial charge in [0.25, 0.3) is 5.91 Å². The molecule has 1 aliphatic rings. The van der Waals surface area contributed by atoms with Crippen molar-refractivity contribution in [1.82, 2.24) is 14.8 Å². The van der Waals surface area contributed by atoms with Gasteiger partial charge in [-0.15, -0.1) is 0 Å². The van der Waals surface area contributed by atoms with Gasteiger partial charge in [0.05, 0.1) is 39.7 Å². The molecule has 144 valence electrons. The summed E-state index contributed by atoms with van der Waals surface area (Å²) in [5.41, 5.74) is 0.536. The highest BCUT2D eigenvalue weighted by Crippen LogP contribution is 2.37. The van der Waals surface area contributed by atoms with Crippen LogP contribution in [-0.4, -0.2) is 34.3 Å². The van der Waals surface area contributed by atoms with Crippen LogP contribution in [0.1, 0.15) is 31.4 Å². The summed E-state index contributed by atoms with van der Waals surface area (Å²) in [6.45, 7) is 1.57. The van der Waals surface area contributed by atoms with Gasteiger partial charge in [-0.2, -0.15) is 14.8 Å². The van der Waals surface area contributed by atoms with Crippen LogP contribution in [0.4, 0.5) is 9.52 Å². The number of carbonyl (C=O) groups is 1. The maximum Gasteiger partial charge on any atom is 0.250 e. The summed E-state index contributed by atoms with van der Waals surface area (Å²) in [6.07, 6.45) is 3.58. The van der Waals surface area contributed by atoms with Crippen molar-refractivity contribution in [3.63, 3.8) is 0 Å². The van der Waals surface area contributed by atoms with E-state index in [2.05, 4.69) is 15.4 Å². The van der Waals surface area contributed by atoms with Crippen molar-refractivity contribution < 1.29 is 17.6 Å². The number of fused-ring (bicyclic) bond motifs is 1. The Morgan fingerprint density at radius 3 is 2.79 bits per heavy atom.